The summed E-state index contributed by atoms with van der Waals surface area (Å²) >= 11 is 12.4. The molecule has 9 heteroatoms. The van der Waals surface area contributed by atoms with Crippen molar-refractivity contribution in [2.45, 2.75) is 37.5 Å². The van der Waals surface area contributed by atoms with Gasteiger partial charge in [-0.2, -0.15) is 8.42 Å². The summed E-state index contributed by atoms with van der Waals surface area (Å²) in [6, 6.07) is 14.5. The zero-order valence-corrected chi connectivity index (χ0v) is 19.9. The van der Waals surface area contributed by atoms with Gasteiger partial charge in [-0.25, -0.2) is 0 Å². The number of ether oxygens (including phenoxy) is 1. The van der Waals surface area contributed by atoms with Crippen LogP contribution in [0.3, 0.4) is 0 Å². The molecule has 1 saturated carbocycles. The van der Waals surface area contributed by atoms with E-state index in [2.05, 4.69) is 0 Å². The highest BCUT2D eigenvalue weighted by molar-refractivity contribution is 7.85. The Morgan fingerprint density at radius 3 is 2.41 bits per heavy atom. The number of rotatable bonds is 8. The summed E-state index contributed by atoms with van der Waals surface area (Å²) in [6.45, 7) is 0.496. The summed E-state index contributed by atoms with van der Waals surface area (Å²) < 4.78 is 34.0. The van der Waals surface area contributed by atoms with Crippen LogP contribution in [0.25, 0.3) is 0 Å². The van der Waals surface area contributed by atoms with Crippen LogP contribution >= 0.6 is 23.2 Å². The number of carbonyl (C=O) groups excluding carboxylic acids is 1. The molecule has 3 atom stereocenters. The summed E-state index contributed by atoms with van der Waals surface area (Å²) in [7, 11) is -3.60. The Kier molecular flexibility index (Phi) is 7.12. The number of hydrogen-bond donors (Lipinski definition) is 0. The number of halogens is 2. The highest BCUT2D eigenvalue weighted by atomic mass is 35.5. The van der Waals surface area contributed by atoms with E-state index in [0.29, 0.717) is 22.5 Å². The van der Waals surface area contributed by atoms with Gasteiger partial charge in [0.05, 0.1) is 18.9 Å². The topological polar surface area (TPSA) is 72.9 Å². The number of amides is 1. The minimum Gasteiger partial charge on any atom is -0.358 e. The second-order valence-corrected chi connectivity index (χ2v) is 10.9. The third-order valence-electron chi connectivity index (χ3n) is 5.71. The van der Waals surface area contributed by atoms with Gasteiger partial charge in [0.25, 0.3) is 16.0 Å². The van der Waals surface area contributed by atoms with Crippen molar-refractivity contribution < 1.29 is 22.1 Å². The van der Waals surface area contributed by atoms with Crippen molar-refractivity contribution in [3.05, 3.63) is 69.7 Å². The molecule has 2 aliphatic rings. The van der Waals surface area contributed by atoms with E-state index in [9.17, 15) is 13.2 Å². The van der Waals surface area contributed by atoms with E-state index in [0.717, 1.165) is 30.2 Å². The molecule has 2 aromatic rings. The highest BCUT2D eigenvalue weighted by Crippen LogP contribution is 2.45. The van der Waals surface area contributed by atoms with E-state index in [4.69, 9.17) is 32.1 Å². The maximum atomic E-state index is 13.5. The van der Waals surface area contributed by atoms with E-state index in [-0.39, 0.29) is 25.0 Å². The molecular formula is C23H25Cl2NO5S. The predicted molar refractivity (Wildman–Crippen MR) is 123 cm³/mol. The van der Waals surface area contributed by atoms with Gasteiger partial charge >= 0.3 is 0 Å². The molecule has 172 valence electrons. The van der Waals surface area contributed by atoms with Gasteiger partial charge in [-0.3, -0.25) is 8.98 Å². The number of morpholine rings is 1. The Balaban J connectivity index is 1.70. The molecule has 1 saturated heterocycles. The number of nitrogens with zero attached hydrogens (tertiary/aromatic N) is 1. The Bertz CT molecular complexity index is 1070. The number of benzene rings is 2. The minimum absolute atomic E-state index is 0.125. The summed E-state index contributed by atoms with van der Waals surface area (Å²) in [4.78, 5) is 15.4. The zero-order valence-electron chi connectivity index (χ0n) is 17.6. The van der Waals surface area contributed by atoms with Crippen LogP contribution in [-0.4, -0.2) is 44.7 Å². The third-order valence-corrected chi connectivity index (χ3v) is 6.79. The fourth-order valence-corrected chi connectivity index (χ4v) is 4.76. The minimum atomic E-state index is -3.60. The van der Waals surface area contributed by atoms with Gasteiger partial charge in [-0.05, 0) is 54.2 Å². The molecule has 4 rings (SSSR count). The Morgan fingerprint density at radius 1 is 1.06 bits per heavy atom. The zero-order chi connectivity index (χ0) is 22.9. The van der Waals surface area contributed by atoms with Crippen LogP contribution in [0.2, 0.25) is 10.0 Å². The first-order valence-electron chi connectivity index (χ1n) is 10.5. The third kappa shape index (κ3) is 5.83. The monoisotopic (exact) mass is 497 g/mol. The first-order chi connectivity index (χ1) is 15.2. The fraction of sp³-hybridized carbons (Fsp3) is 0.435. The molecular weight excluding hydrogens is 473 g/mol. The van der Waals surface area contributed by atoms with Crippen molar-refractivity contribution >= 4 is 39.2 Å². The van der Waals surface area contributed by atoms with E-state index >= 15 is 0 Å². The molecule has 32 heavy (non-hydrogen) atoms. The van der Waals surface area contributed by atoms with Crippen LogP contribution in [0.4, 0.5) is 0 Å². The molecule has 0 spiro atoms. The van der Waals surface area contributed by atoms with Gasteiger partial charge in [0, 0.05) is 23.0 Å². The average molecular weight is 498 g/mol. The van der Waals surface area contributed by atoms with Crippen LogP contribution in [0.1, 0.15) is 42.5 Å². The van der Waals surface area contributed by atoms with Crippen molar-refractivity contribution in [1.29, 1.82) is 0 Å². The molecule has 1 aliphatic heterocycles. The fourth-order valence-electron chi connectivity index (χ4n) is 4.03. The normalized spacial score (nSPS) is 24.0. The van der Waals surface area contributed by atoms with Crippen LogP contribution in [-0.2, 0) is 23.8 Å². The summed E-state index contributed by atoms with van der Waals surface area (Å²) in [5.41, 5.74) is 1.76. The van der Waals surface area contributed by atoms with Crippen molar-refractivity contribution in [2.75, 3.05) is 19.4 Å². The molecule has 1 amide bonds. The molecule has 2 fully saturated rings. The average Bonchev–Trinajstić information content (AvgIpc) is 3.55. The number of hydrogen-bond acceptors (Lipinski definition) is 5. The molecule has 0 unspecified atom stereocenters. The molecule has 0 N–H and O–H groups in total. The maximum Gasteiger partial charge on any atom is 0.264 e. The lowest BCUT2D eigenvalue weighted by Crippen LogP contribution is -2.51. The lowest BCUT2D eigenvalue weighted by molar-refractivity contribution is -0.176. The molecule has 6 nitrogen and oxygen atoms in total. The van der Waals surface area contributed by atoms with Crippen molar-refractivity contribution in [3.8, 4) is 0 Å². The van der Waals surface area contributed by atoms with Gasteiger partial charge in [0.2, 0.25) is 0 Å². The number of carbonyl (C=O) groups is 1. The summed E-state index contributed by atoms with van der Waals surface area (Å²) in [6.07, 6.45) is 2.00. The second kappa shape index (κ2) is 9.69. The largest absolute Gasteiger partial charge is 0.358 e. The van der Waals surface area contributed by atoms with Crippen molar-refractivity contribution in [1.82, 2.24) is 4.90 Å². The maximum absolute atomic E-state index is 13.5. The molecule has 1 heterocycles. The van der Waals surface area contributed by atoms with Crippen molar-refractivity contribution in [3.63, 3.8) is 0 Å². The Labute approximate surface area is 198 Å². The Hall–Kier alpha value is -1.64. The van der Waals surface area contributed by atoms with Crippen LogP contribution < -0.4 is 0 Å². The predicted octanol–water partition coefficient (Wildman–Crippen LogP) is 4.78. The summed E-state index contributed by atoms with van der Waals surface area (Å²) in [5, 5.41) is 1.18. The lowest BCUT2D eigenvalue weighted by Gasteiger charge is -2.45. The van der Waals surface area contributed by atoms with E-state index in [1.54, 1.807) is 18.2 Å². The van der Waals surface area contributed by atoms with E-state index in [1.807, 2.05) is 35.2 Å². The van der Waals surface area contributed by atoms with Crippen molar-refractivity contribution in [2.24, 2.45) is 5.92 Å². The van der Waals surface area contributed by atoms with Gasteiger partial charge in [-0.1, -0.05) is 47.5 Å². The second-order valence-electron chi connectivity index (χ2n) is 8.35. The van der Waals surface area contributed by atoms with Crippen LogP contribution in [0.5, 0.6) is 0 Å². The quantitative estimate of drug-likeness (QED) is 0.490. The van der Waals surface area contributed by atoms with Crippen LogP contribution in [0.15, 0.2) is 48.5 Å². The molecule has 0 aromatic heterocycles. The Morgan fingerprint density at radius 2 is 1.78 bits per heavy atom. The first-order valence-corrected chi connectivity index (χ1v) is 13.1. The summed E-state index contributed by atoms with van der Waals surface area (Å²) in [5.74, 6) is 0.298. The molecule has 0 radical (unpaired) electrons. The first kappa shape index (κ1) is 23.5. The van der Waals surface area contributed by atoms with E-state index in [1.165, 1.54) is 0 Å². The molecule has 1 aliphatic carbocycles. The van der Waals surface area contributed by atoms with Gasteiger partial charge in [-0.15, -0.1) is 0 Å². The molecule has 0 bridgehead atoms. The van der Waals surface area contributed by atoms with Gasteiger partial charge in [0.1, 0.15) is 12.2 Å². The van der Waals surface area contributed by atoms with Gasteiger partial charge in [0.15, 0.2) is 0 Å². The standard InChI is InChI=1S/C23H25Cl2NO5S/c1-32(28,29)30-12-11-20-23(27)26(14-15-5-6-15)21(16-7-9-18(24)10-8-16)22(31-20)17-3-2-4-19(25)13-17/h2-4,7-10,13,15,20-22H,5-6,11-12,14H2,1H3/t20-,21+,22-/m1/s1. The SMILES string of the molecule is CS(=O)(=O)OCC[C@H]1O[C@H](c2cccc(Cl)c2)[C@H](c2ccc(Cl)cc2)N(CC2CC2)C1=O. The molecule has 2 aromatic carbocycles. The van der Waals surface area contributed by atoms with Crippen LogP contribution in [0, 0.1) is 5.92 Å². The highest BCUT2D eigenvalue weighted by Gasteiger charge is 2.45. The smallest absolute Gasteiger partial charge is 0.264 e. The van der Waals surface area contributed by atoms with E-state index < -0.39 is 22.3 Å². The lowest BCUT2D eigenvalue weighted by atomic mass is 9.91. The van der Waals surface area contributed by atoms with Gasteiger partial charge < -0.3 is 9.64 Å².